The minimum atomic E-state index is -0.907. The highest BCUT2D eigenvalue weighted by Crippen LogP contribution is 2.36. The Morgan fingerprint density at radius 3 is 2.73 bits per heavy atom. The van der Waals surface area contributed by atoms with Gasteiger partial charge in [0.1, 0.15) is 17.9 Å². The van der Waals surface area contributed by atoms with Gasteiger partial charge in [0.25, 0.3) is 0 Å². The monoisotopic (exact) mass is 460 g/mol. The van der Waals surface area contributed by atoms with E-state index in [2.05, 4.69) is 10.4 Å². The Morgan fingerprint density at radius 1 is 1.30 bits per heavy atom. The van der Waals surface area contributed by atoms with Crippen molar-refractivity contribution in [2.45, 2.75) is 83.1 Å². The molecule has 1 saturated heterocycles. The molecule has 0 spiro atoms. The summed E-state index contributed by atoms with van der Waals surface area (Å²) in [7, 11) is 0. The molecule has 2 fully saturated rings. The molecule has 2 aromatic rings. The van der Waals surface area contributed by atoms with Crippen molar-refractivity contribution in [3.05, 3.63) is 24.5 Å². The summed E-state index contributed by atoms with van der Waals surface area (Å²) in [6, 6.07) is 2.73. The summed E-state index contributed by atoms with van der Waals surface area (Å²) in [4.78, 5) is 13.3. The fourth-order valence-electron chi connectivity index (χ4n) is 4.77. The van der Waals surface area contributed by atoms with Crippen LogP contribution in [0.4, 0.5) is 5.82 Å². The number of anilines is 1. The van der Waals surface area contributed by atoms with Gasteiger partial charge in [-0.25, -0.2) is 0 Å². The van der Waals surface area contributed by atoms with E-state index in [0.717, 1.165) is 25.7 Å². The van der Waals surface area contributed by atoms with E-state index in [1.807, 2.05) is 0 Å². The number of nitrogens with zero attached hydrogens (tertiary/aromatic N) is 3. The topological polar surface area (TPSA) is 111 Å². The van der Waals surface area contributed by atoms with E-state index in [0.29, 0.717) is 43.7 Å². The zero-order valence-corrected chi connectivity index (χ0v) is 19.6. The molecule has 2 aliphatic rings. The Kier molecular flexibility index (Phi) is 7.29. The standard InChI is InChI=1S/C24H36N4O5/c1-24(2,31)16-27-10-7-21(26-27)25-23(30)20(13-17-5-3-4-6-17)28-15-19(14-22(28)29)33-18-8-11-32-12-9-18/h7,10,14-15,17-18,20,29,31H,3-6,8-9,11-13,16H2,1-2H3,(H,25,26,30)/t20-/m0/s1. The van der Waals surface area contributed by atoms with E-state index < -0.39 is 11.6 Å². The van der Waals surface area contributed by atoms with Crippen molar-refractivity contribution in [1.82, 2.24) is 14.3 Å². The average Bonchev–Trinajstić information content (AvgIpc) is 3.48. The SMILES string of the molecule is CC(C)(O)Cn1ccc(NC(=O)[C@H](CC2CCCC2)n2cc(OC3CCOCC3)cc2O)n1. The summed E-state index contributed by atoms with van der Waals surface area (Å²) >= 11 is 0. The quantitative estimate of drug-likeness (QED) is 0.528. The van der Waals surface area contributed by atoms with Crippen LogP contribution < -0.4 is 10.1 Å². The summed E-state index contributed by atoms with van der Waals surface area (Å²) in [5.74, 6) is 1.22. The number of hydrogen-bond acceptors (Lipinski definition) is 6. The average molecular weight is 461 g/mol. The molecule has 1 saturated carbocycles. The molecule has 9 nitrogen and oxygen atoms in total. The first kappa shape index (κ1) is 23.6. The van der Waals surface area contributed by atoms with Crippen LogP contribution in [0.15, 0.2) is 24.5 Å². The number of carbonyl (C=O) groups excluding carboxylic acids is 1. The van der Waals surface area contributed by atoms with Gasteiger partial charge in [-0.05, 0) is 26.2 Å². The lowest BCUT2D eigenvalue weighted by Gasteiger charge is -2.23. The number of rotatable bonds is 9. The second-order valence-electron chi connectivity index (χ2n) is 9.97. The summed E-state index contributed by atoms with van der Waals surface area (Å²) in [6.07, 6.45) is 10.3. The molecule has 1 amide bonds. The number of aliphatic hydroxyl groups is 1. The van der Waals surface area contributed by atoms with Crippen molar-refractivity contribution in [3.8, 4) is 11.6 Å². The molecule has 3 N–H and O–H groups in total. The molecule has 0 unspecified atom stereocenters. The van der Waals surface area contributed by atoms with Crippen molar-refractivity contribution >= 4 is 11.7 Å². The molecule has 1 aliphatic heterocycles. The van der Waals surface area contributed by atoms with Crippen LogP contribution >= 0.6 is 0 Å². The lowest BCUT2D eigenvalue weighted by molar-refractivity contribution is -0.119. The van der Waals surface area contributed by atoms with Crippen LogP contribution in [0.2, 0.25) is 0 Å². The molecule has 1 aliphatic carbocycles. The molecule has 2 aromatic heterocycles. The first-order valence-corrected chi connectivity index (χ1v) is 12.0. The summed E-state index contributed by atoms with van der Waals surface area (Å²) < 4.78 is 14.7. The summed E-state index contributed by atoms with van der Waals surface area (Å²) in [6.45, 7) is 5.08. The molecule has 182 valence electrons. The largest absolute Gasteiger partial charge is 0.494 e. The molecule has 33 heavy (non-hydrogen) atoms. The van der Waals surface area contributed by atoms with Gasteiger partial charge in [-0.3, -0.25) is 9.48 Å². The minimum Gasteiger partial charge on any atom is -0.494 e. The maximum absolute atomic E-state index is 13.3. The van der Waals surface area contributed by atoms with Crippen LogP contribution in [0.5, 0.6) is 11.6 Å². The van der Waals surface area contributed by atoms with Crippen LogP contribution in [-0.4, -0.2) is 55.4 Å². The summed E-state index contributed by atoms with van der Waals surface area (Å²) in [5, 5.41) is 28.0. The molecule has 3 heterocycles. The number of carbonyl (C=O) groups is 1. The van der Waals surface area contributed by atoms with Crippen molar-refractivity contribution in [3.63, 3.8) is 0 Å². The van der Waals surface area contributed by atoms with Gasteiger partial charge in [0.15, 0.2) is 11.7 Å². The van der Waals surface area contributed by atoms with Crippen LogP contribution in [0.25, 0.3) is 0 Å². The van der Waals surface area contributed by atoms with E-state index in [1.54, 1.807) is 47.6 Å². The molecule has 0 bridgehead atoms. The van der Waals surface area contributed by atoms with E-state index in [9.17, 15) is 15.0 Å². The molecule has 4 rings (SSSR count). The van der Waals surface area contributed by atoms with Crippen LogP contribution in [0.3, 0.4) is 0 Å². The zero-order chi connectivity index (χ0) is 23.4. The third kappa shape index (κ3) is 6.51. The van der Waals surface area contributed by atoms with Gasteiger partial charge in [-0.2, -0.15) is 5.10 Å². The van der Waals surface area contributed by atoms with Gasteiger partial charge in [0.2, 0.25) is 5.91 Å². The fourth-order valence-corrected chi connectivity index (χ4v) is 4.77. The lowest BCUT2D eigenvalue weighted by atomic mass is 9.97. The smallest absolute Gasteiger partial charge is 0.248 e. The van der Waals surface area contributed by atoms with Gasteiger partial charge in [0, 0.05) is 31.2 Å². The Bertz CT molecular complexity index is 920. The fraction of sp³-hybridized carbons (Fsp3) is 0.667. The molecule has 9 heteroatoms. The third-order valence-electron chi connectivity index (χ3n) is 6.38. The Labute approximate surface area is 194 Å². The predicted octanol–water partition coefficient (Wildman–Crippen LogP) is 3.48. The van der Waals surface area contributed by atoms with E-state index in [4.69, 9.17) is 9.47 Å². The van der Waals surface area contributed by atoms with Crippen molar-refractivity contribution < 1.29 is 24.5 Å². The minimum absolute atomic E-state index is 0.0164. The van der Waals surface area contributed by atoms with Gasteiger partial charge in [0.05, 0.1) is 31.6 Å². The number of aromatic hydroxyl groups is 1. The number of aromatic nitrogens is 3. The Morgan fingerprint density at radius 2 is 2.03 bits per heavy atom. The number of ether oxygens (including phenoxy) is 2. The highest BCUT2D eigenvalue weighted by molar-refractivity contribution is 5.93. The van der Waals surface area contributed by atoms with Gasteiger partial charge >= 0.3 is 0 Å². The zero-order valence-electron chi connectivity index (χ0n) is 19.6. The van der Waals surface area contributed by atoms with Crippen molar-refractivity contribution in [2.24, 2.45) is 5.92 Å². The van der Waals surface area contributed by atoms with Crippen LogP contribution in [-0.2, 0) is 16.1 Å². The highest BCUT2D eigenvalue weighted by Gasteiger charge is 2.29. The van der Waals surface area contributed by atoms with Gasteiger partial charge in [-0.1, -0.05) is 25.7 Å². The first-order chi connectivity index (χ1) is 15.8. The summed E-state index contributed by atoms with van der Waals surface area (Å²) in [5.41, 5.74) is -0.907. The van der Waals surface area contributed by atoms with Gasteiger partial charge < -0.3 is 29.6 Å². The molecule has 0 aromatic carbocycles. The second kappa shape index (κ2) is 10.2. The van der Waals surface area contributed by atoms with Crippen molar-refractivity contribution in [1.29, 1.82) is 0 Å². The molecular weight excluding hydrogens is 424 g/mol. The second-order valence-corrected chi connectivity index (χ2v) is 9.97. The number of nitrogens with one attached hydrogen (secondary N) is 1. The third-order valence-corrected chi connectivity index (χ3v) is 6.38. The van der Waals surface area contributed by atoms with Crippen LogP contribution in [0.1, 0.15) is 64.8 Å². The maximum Gasteiger partial charge on any atom is 0.248 e. The first-order valence-electron chi connectivity index (χ1n) is 12.0. The van der Waals surface area contributed by atoms with E-state index >= 15 is 0 Å². The van der Waals surface area contributed by atoms with E-state index in [1.165, 1.54) is 12.8 Å². The maximum atomic E-state index is 13.3. The number of amides is 1. The predicted molar refractivity (Wildman–Crippen MR) is 123 cm³/mol. The normalized spacial score (nSPS) is 19.0. The lowest BCUT2D eigenvalue weighted by Crippen LogP contribution is -2.28. The van der Waals surface area contributed by atoms with Gasteiger partial charge in [-0.15, -0.1) is 0 Å². The highest BCUT2D eigenvalue weighted by atomic mass is 16.5. The molecule has 0 radical (unpaired) electrons. The van der Waals surface area contributed by atoms with E-state index in [-0.39, 0.29) is 17.9 Å². The number of hydrogen-bond donors (Lipinski definition) is 3. The Balaban J connectivity index is 1.49. The van der Waals surface area contributed by atoms with Crippen LogP contribution in [0, 0.1) is 5.92 Å². The van der Waals surface area contributed by atoms with Crippen molar-refractivity contribution in [2.75, 3.05) is 18.5 Å². The Hall–Kier alpha value is -2.52. The molecular formula is C24H36N4O5. The molecule has 1 atom stereocenters.